The topological polar surface area (TPSA) is 112 Å². The van der Waals surface area contributed by atoms with Gasteiger partial charge >= 0.3 is 6.03 Å². The van der Waals surface area contributed by atoms with E-state index in [0.29, 0.717) is 27.0 Å². The lowest BCUT2D eigenvalue weighted by Gasteiger charge is -2.08. The van der Waals surface area contributed by atoms with Gasteiger partial charge in [0, 0.05) is 16.6 Å². The van der Waals surface area contributed by atoms with Crippen LogP contribution in [0, 0.1) is 0 Å². The summed E-state index contributed by atoms with van der Waals surface area (Å²) in [6.45, 7) is 0.208. The molecule has 27 heavy (non-hydrogen) atoms. The first-order valence-corrected chi connectivity index (χ1v) is 8.55. The predicted octanol–water partition coefficient (Wildman–Crippen LogP) is 3.73. The third-order valence-corrected chi connectivity index (χ3v) is 4.42. The van der Waals surface area contributed by atoms with Crippen LogP contribution in [0.4, 0.5) is 10.7 Å². The smallest absolute Gasteiger partial charge is 0.328 e. The summed E-state index contributed by atoms with van der Waals surface area (Å²) in [7, 11) is 0. The number of hydrogen-bond donors (Lipinski definition) is 2. The largest absolute Gasteiger partial charge is 0.463 e. The molecule has 10 heteroatoms. The highest BCUT2D eigenvalue weighted by Gasteiger charge is 2.18. The summed E-state index contributed by atoms with van der Waals surface area (Å²) in [5.41, 5.74) is 7.60. The van der Waals surface area contributed by atoms with E-state index >= 15 is 0 Å². The number of nitrogens with zero attached hydrogens (tertiary/aromatic N) is 4. The SMILES string of the molecule is Nc1nc(-c2ccco2)c2ncn(C(=O)NCc3ccc(Cl)cc3Cl)c2n1. The minimum absolute atomic E-state index is 0.00388. The number of hydrogen-bond acceptors (Lipinski definition) is 6. The zero-order chi connectivity index (χ0) is 19.0. The molecule has 0 fully saturated rings. The normalized spacial score (nSPS) is 11.0. The molecule has 0 radical (unpaired) electrons. The molecule has 0 unspecified atom stereocenters. The van der Waals surface area contributed by atoms with Crippen molar-refractivity contribution in [3.05, 3.63) is 58.5 Å². The average Bonchev–Trinajstić information content (AvgIpc) is 3.30. The molecule has 1 amide bonds. The molecule has 3 N–H and O–H groups in total. The van der Waals surface area contributed by atoms with Crippen molar-refractivity contribution < 1.29 is 9.21 Å². The molecule has 1 aromatic carbocycles. The third-order valence-electron chi connectivity index (χ3n) is 3.83. The number of rotatable bonds is 3. The van der Waals surface area contributed by atoms with Crippen LogP contribution in [0.5, 0.6) is 0 Å². The van der Waals surface area contributed by atoms with Crippen molar-refractivity contribution >= 4 is 46.3 Å². The van der Waals surface area contributed by atoms with Gasteiger partial charge in [-0.2, -0.15) is 4.98 Å². The highest BCUT2D eigenvalue weighted by atomic mass is 35.5. The molecule has 0 spiro atoms. The van der Waals surface area contributed by atoms with Crippen LogP contribution in [0.25, 0.3) is 22.6 Å². The summed E-state index contributed by atoms with van der Waals surface area (Å²) < 4.78 is 6.61. The summed E-state index contributed by atoms with van der Waals surface area (Å²) >= 11 is 12.0. The molecule has 0 bridgehead atoms. The number of halogens is 2. The van der Waals surface area contributed by atoms with Gasteiger partial charge < -0.3 is 15.5 Å². The first-order chi connectivity index (χ1) is 13.0. The molecule has 136 valence electrons. The molecule has 0 aliphatic carbocycles. The number of nitrogens with one attached hydrogen (secondary N) is 1. The van der Waals surface area contributed by atoms with Crippen LogP contribution in [0.15, 0.2) is 47.3 Å². The van der Waals surface area contributed by atoms with Crippen molar-refractivity contribution in [2.24, 2.45) is 0 Å². The Morgan fingerprint density at radius 2 is 2.11 bits per heavy atom. The lowest BCUT2D eigenvalue weighted by molar-refractivity contribution is 0.242. The van der Waals surface area contributed by atoms with Gasteiger partial charge in [0.1, 0.15) is 17.5 Å². The Balaban J connectivity index is 1.65. The monoisotopic (exact) mass is 402 g/mol. The van der Waals surface area contributed by atoms with Gasteiger partial charge in [-0.15, -0.1) is 0 Å². The lowest BCUT2D eigenvalue weighted by Crippen LogP contribution is -2.28. The Labute approximate surface area is 162 Å². The van der Waals surface area contributed by atoms with Gasteiger partial charge in [-0.25, -0.2) is 19.3 Å². The Kier molecular flexibility index (Phi) is 4.43. The van der Waals surface area contributed by atoms with Gasteiger partial charge in [-0.3, -0.25) is 0 Å². The van der Waals surface area contributed by atoms with E-state index in [1.807, 2.05) is 0 Å². The third kappa shape index (κ3) is 3.32. The first-order valence-electron chi connectivity index (χ1n) is 7.79. The van der Waals surface area contributed by atoms with E-state index < -0.39 is 6.03 Å². The second-order valence-corrected chi connectivity index (χ2v) is 6.43. The van der Waals surface area contributed by atoms with Crippen LogP contribution in [0.3, 0.4) is 0 Å². The first kappa shape index (κ1) is 17.3. The zero-order valence-electron chi connectivity index (χ0n) is 13.7. The summed E-state index contributed by atoms with van der Waals surface area (Å²) in [4.78, 5) is 25.1. The summed E-state index contributed by atoms with van der Waals surface area (Å²) in [5.74, 6) is 0.483. The fraction of sp³-hybridized carbons (Fsp3) is 0.0588. The molecule has 4 rings (SSSR count). The maximum Gasteiger partial charge on any atom is 0.328 e. The van der Waals surface area contributed by atoms with E-state index in [0.717, 1.165) is 5.56 Å². The minimum atomic E-state index is -0.438. The number of imidazole rings is 1. The van der Waals surface area contributed by atoms with Gasteiger partial charge in [0.25, 0.3) is 0 Å². The van der Waals surface area contributed by atoms with Crippen LogP contribution in [-0.2, 0) is 6.54 Å². The molecule has 8 nitrogen and oxygen atoms in total. The number of nitrogen functional groups attached to an aromatic ring is 1. The Bertz CT molecular complexity index is 1140. The van der Waals surface area contributed by atoms with Crippen molar-refractivity contribution in [3.8, 4) is 11.5 Å². The quantitative estimate of drug-likeness (QED) is 0.539. The van der Waals surface area contributed by atoms with Gasteiger partial charge in [0.05, 0.1) is 6.26 Å². The van der Waals surface area contributed by atoms with E-state index in [2.05, 4.69) is 20.3 Å². The summed E-state index contributed by atoms with van der Waals surface area (Å²) in [5, 5.41) is 3.74. The van der Waals surface area contributed by atoms with Crippen LogP contribution in [0.2, 0.25) is 10.0 Å². The second-order valence-electron chi connectivity index (χ2n) is 5.59. The number of aromatic nitrogens is 4. The number of benzene rings is 1. The summed E-state index contributed by atoms with van der Waals surface area (Å²) in [6, 6.07) is 8.06. The fourth-order valence-electron chi connectivity index (χ4n) is 2.57. The number of amides is 1. The van der Waals surface area contributed by atoms with Crippen molar-refractivity contribution in [1.82, 2.24) is 24.8 Å². The molecule has 3 heterocycles. The molecule has 0 atom stereocenters. The number of nitrogens with two attached hydrogens (primary N) is 1. The molecule has 0 aliphatic heterocycles. The average molecular weight is 403 g/mol. The van der Waals surface area contributed by atoms with Crippen LogP contribution >= 0.6 is 23.2 Å². The number of carbonyl (C=O) groups excluding carboxylic acids is 1. The van der Waals surface area contributed by atoms with E-state index in [1.165, 1.54) is 17.2 Å². The van der Waals surface area contributed by atoms with E-state index in [1.54, 1.807) is 30.3 Å². The molecule has 0 saturated heterocycles. The predicted molar refractivity (Wildman–Crippen MR) is 102 cm³/mol. The maximum absolute atomic E-state index is 12.6. The molecule has 3 aromatic heterocycles. The van der Waals surface area contributed by atoms with Crippen molar-refractivity contribution in [2.45, 2.75) is 6.54 Å². The van der Waals surface area contributed by atoms with Crippen LogP contribution in [-0.4, -0.2) is 25.6 Å². The van der Waals surface area contributed by atoms with Gasteiger partial charge in [-0.1, -0.05) is 29.3 Å². The molecule has 0 saturated carbocycles. The van der Waals surface area contributed by atoms with Crippen molar-refractivity contribution in [3.63, 3.8) is 0 Å². The number of carbonyl (C=O) groups is 1. The molecular formula is C17H12Cl2N6O2. The molecule has 4 aromatic rings. The Hall–Kier alpha value is -3.10. The number of furan rings is 1. The van der Waals surface area contributed by atoms with Gasteiger partial charge in [-0.05, 0) is 29.8 Å². The van der Waals surface area contributed by atoms with Crippen LogP contribution < -0.4 is 11.1 Å². The molecular weight excluding hydrogens is 391 g/mol. The zero-order valence-corrected chi connectivity index (χ0v) is 15.2. The highest BCUT2D eigenvalue weighted by Crippen LogP contribution is 2.26. The number of anilines is 1. The number of fused-ring (bicyclic) bond motifs is 1. The Morgan fingerprint density at radius 3 is 2.85 bits per heavy atom. The second kappa shape index (κ2) is 6.90. The Morgan fingerprint density at radius 1 is 1.26 bits per heavy atom. The van der Waals surface area contributed by atoms with E-state index in [4.69, 9.17) is 33.4 Å². The van der Waals surface area contributed by atoms with E-state index in [-0.39, 0.29) is 18.1 Å². The highest BCUT2D eigenvalue weighted by molar-refractivity contribution is 6.35. The van der Waals surface area contributed by atoms with Gasteiger partial charge in [0.15, 0.2) is 11.4 Å². The van der Waals surface area contributed by atoms with Crippen molar-refractivity contribution in [1.29, 1.82) is 0 Å². The van der Waals surface area contributed by atoms with Crippen LogP contribution in [0.1, 0.15) is 5.56 Å². The fourth-order valence-corrected chi connectivity index (χ4v) is 3.05. The summed E-state index contributed by atoms with van der Waals surface area (Å²) in [6.07, 6.45) is 2.86. The van der Waals surface area contributed by atoms with Crippen molar-refractivity contribution in [2.75, 3.05) is 5.73 Å². The maximum atomic E-state index is 12.6. The molecule has 0 aliphatic rings. The minimum Gasteiger partial charge on any atom is -0.463 e. The van der Waals surface area contributed by atoms with Gasteiger partial charge in [0.2, 0.25) is 5.95 Å². The standard InChI is InChI=1S/C17H12Cl2N6O2/c18-10-4-3-9(11(19)6-10)7-21-17(26)25-8-22-14-13(12-2-1-5-27-12)23-16(20)24-15(14)25/h1-6,8H,7H2,(H,21,26)(H2,20,23,24). The lowest BCUT2D eigenvalue weighted by atomic mass is 10.2. The van der Waals surface area contributed by atoms with E-state index in [9.17, 15) is 4.79 Å².